The molecule has 3 rings (SSSR count). The van der Waals surface area contributed by atoms with Crippen molar-refractivity contribution >= 4 is 46.8 Å². The molecule has 0 bridgehead atoms. The number of aryl methyl sites for hydroxylation is 1. The first kappa shape index (κ1) is 29.1. The Hall–Kier alpha value is -2.47. The van der Waals surface area contributed by atoms with Crippen LogP contribution in [0.1, 0.15) is 36.1 Å². The number of carbonyl (C=O) groups excluding carboxylic acids is 2. The summed E-state index contributed by atoms with van der Waals surface area (Å²) in [5.74, 6) is 0.961. The van der Waals surface area contributed by atoms with Gasteiger partial charge in [0.1, 0.15) is 6.04 Å². The molecular formula is C30H34Cl2N2O2S. The highest BCUT2D eigenvalue weighted by Crippen LogP contribution is 2.25. The first-order chi connectivity index (χ1) is 17.7. The second-order valence-electron chi connectivity index (χ2n) is 9.60. The number of hydrogen-bond donors (Lipinski definition) is 1. The summed E-state index contributed by atoms with van der Waals surface area (Å²) in [6.45, 7) is 7.06. The standard InChI is InChI=1S/C30H34Cl2N2O2S/c1-21(2)17-33-30(36)28(16-23-9-5-4-6-10-23)34(18-24-11-7-8-22(3)14-24)29(35)20-37-19-25-12-13-26(31)27(32)15-25/h4-15,21,28H,16-20H2,1-3H3,(H,33,36)/t28-/m0/s1. The van der Waals surface area contributed by atoms with Gasteiger partial charge in [0, 0.05) is 25.3 Å². The van der Waals surface area contributed by atoms with Crippen LogP contribution in [0.2, 0.25) is 10.0 Å². The van der Waals surface area contributed by atoms with E-state index in [1.54, 1.807) is 11.0 Å². The van der Waals surface area contributed by atoms with Crippen LogP contribution in [0.15, 0.2) is 72.8 Å². The number of benzene rings is 3. The fourth-order valence-electron chi connectivity index (χ4n) is 3.95. The van der Waals surface area contributed by atoms with Gasteiger partial charge in [0.05, 0.1) is 15.8 Å². The van der Waals surface area contributed by atoms with Gasteiger partial charge >= 0.3 is 0 Å². The van der Waals surface area contributed by atoms with Crippen LogP contribution in [-0.2, 0) is 28.3 Å². The first-order valence-electron chi connectivity index (χ1n) is 12.4. The number of thioether (sulfide) groups is 1. The zero-order valence-electron chi connectivity index (χ0n) is 21.5. The maximum Gasteiger partial charge on any atom is 0.243 e. The molecule has 0 aliphatic rings. The minimum absolute atomic E-state index is 0.0767. The third kappa shape index (κ3) is 9.41. The van der Waals surface area contributed by atoms with Gasteiger partial charge in [-0.05, 0) is 41.7 Å². The molecule has 0 aliphatic heterocycles. The van der Waals surface area contributed by atoms with Crippen molar-refractivity contribution in [3.8, 4) is 0 Å². The van der Waals surface area contributed by atoms with Crippen molar-refractivity contribution in [2.75, 3.05) is 12.3 Å². The zero-order chi connectivity index (χ0) is 26.8. The van der Waals surface area contributed by atoms with Crippen LogP contribution in [-0.4, -0.2) is 35.1 Å². The zero-order valence-corrected chi connectivity index (χ0v) is 23.9. The van der Waals surface area contributed by atoms with Crippen molar-refractivity contribution in [2.24, 2.45) is 5.92 Å². The Morgan fingerprint density at radius 3 is 2.30 bits per heavy atom. The van der Waals surface area contributed by atoms with Crippen LogP contribution in [0.3, 0.4) is 0 Å². The van der Waals surface area contributed by atoms with Crippen LogP contribution in [0.25, 0.3) is 0 Å². The van der Waals surface area contributed by atoms with Gasteiger partial charge in [-0.2, -0.15) is 0 Å². The molecule has 4 nitrogen and oxygen atoms in total. The number of carbonyl (C=O) groups is 2. The van der Waals surface area contributed by atoms with Gasteiger partial charge in [0.2, 0.25) is 11.8 Å². The third-order valence-electron chi connectivity index (χ3n) is 5.87. The van der Waals surface area contributed by atoms with Crippen molar-refractivity contribution in [2.45, 2.75) is 45.5 Å². The molecule has 37 heavy (non-hydrogen) atoms. The molecule has 0 aliphatic carbocycles. The largest absolute Gasteiger partial charge is 0.354 e. The van der Waals surface area contributed by atoms with Crippen LogP contribution in [0, 0.1) is 12.8 Å². The molecular weight excluding hydrogens is 523 g/mol. The van der Waals surface area contributed by atoms with E-state index in [9.17, 15) is 9.59 Å². The summed E-state index contributed by atoms with van der Waals surface area (Å²) < 4.78 is 0. The van der Waals surface area contributed by atoms with Gasteiger partial charge in [-0.25, -0.2) is 0 Å². The molecule has 0 spiro atoms. The van der Waals surface area contributed by atoms with Gasteiger partial charge < -0.3 is 10.2 Å². The lowest BCUT2D eigenvalue weighted by atomic mass is 10.0. The Bertz CT molecular complexity index is 1190. The predicted molar refractivity (Wildman–Crippen MR) is 156 cm³/mol. The van der Waals surface area contributed by atoms with E-state index in [0.29, 0.717) is 41.2 Å². The SMILES string of the molecule is Cc1cccc(CN(C(=O)CSCc2ccc(Cl)c(Cl)c2)[C@@H](Cc2ccccc2)C(=O)NCC(C)C)c1. The van der Waals surface area contributed by atoms with E-state index in [1.165, 1.54) is 11.8 Å². The lowest BCUT2D eigenvalue weighted by Gasteiger charge is -2.32. The molecule has 1 atom stereocenters. The predicted octanol–water partition coefficient (Wildman–Crippen LogP) is 6.95. The highest BCUT2D eigenvalue weighted by Gasteiger charge is 2.30. The Morgan fingerprint density at radius 2 is 1.62 bits per heavy atom. The van der Waals surface area contributed by atoms with E-state index in [2.05, 4.69) is 25.2 Å². The van der Waals surface area contributed by atoms with Crippen molar-refractivity contribution < 1.29 is 9.59 Å². The van der Waals surface area contributed by atoms with Crippen molar-refractivity contribution in [3.05, 3.63) is 105 Å². The Labute approximate surface area is 234 Å². The van der Waals surface area contributed by atoms with E-state index >= 15 is 0 Å². The summed E-state index contributed by atoms with van der Waals surface area (Å²) in [6, 6.07) is 22.8. The van der Waals surface area contributed by atoms with Crippen LogP contribution >= 0.6 is 35.0 Å². The first-order valence-corrected chi connectivity index (χ1v) is 14.3. The van der Waals surface area contributed by atoms with Crippen molar-refractivity contribution in [1.29, 1.82) is 0 Å². The van der Waals surface area contributed by atoms with E-state index in [0.717, 1.165) is 22.3 Å². The molecule has 0 heterocycles. The van der Waals surface area contributed by atoms with Crippen LogP contribution in [0.5, 0.6) is 0 Å². The second kappa shape index (κ2) is 14.5. The molecule has 0 saturated carbocycles. The Morgan fingerprint density at radius 1 is 0.892 bits per heavy atom. The van der Waals surface area contributed by atoms with Gasteiger partial charge in [-0.15, -0.1) is 11.8 Å². The van der Waals surface area contributed by atoms with Gasteiger partial charge in [-0.1, -0.05) is 103 Å². The normalized spacial score (nSPS) is 11.8. The minimum Gasteiger partial charge on any atom is -0.354 e. The minimum atomic E-state index is -0.625. The molecule has 0 fully saturated rings. The number of rotatable bonds is 12. The van der Waals surface area contributed by atoms with Crippen LogP contribution in [0.4, 0.5) is 0 Å². The fourth-order valence-corrected chi connectivity index (χ4v) is 5.13. The summed E-state index contributed by atoms with van der Waals surface area (Å²) in [5, 5.41) is 4.07. The molecule has 0 radical (unpaired) electrons. The van der Waals surface area contributed by atoms with Gasteiger partial charge in [-0.3, -0.25) is 9.59 Å². The van der Waals surface area contributed by atoms with Crippen LogP contribution < -0.4 is 5.32 Å². The van der Waals surface area contributed by atoms with Gasteiger partial charge in [0.15, 0.2) is 0 Å². The molecule has 0 aromatic heterocycles. The molecule has 2 amide bonds. The molecule has 0 unspecified atom stereocenters. The molecule has 7 heteroatoms. The molecule has 196 valence electrons. The lowest BCUT2D eigenvalue weighted by molar-refractivity contribution is -0.139. The average Bonchev–Trinajstić information content (AvgIpc) is 2.87. The maximum atomic E-state index is 13.7. The molecule has 1 N–H and O–H groups in total. The quantitative estimate of drug-likeness (QED) is 0.262. The molecule has 0 saturated heterocycles. The third-order valence-corrected chi connectivity index (χ3v) is 7.60. The summed E-state index contributed by atoms with van der Waals surface area (Å²) in [7, 11) is 0. The van der Waals surface area contributed by atoms with E-state index < -0.39 is 6.04 Å². The number of amides is 2. The Balaban J connectivity index is 1.84. The monoisotopic (exact) mass is 556 g/mol. The smallest absolute Gasteiger partial charge is 0.243 e. The maximum absolute atomic E-state index is 13.7. The van der Waals surface area contributed by atoms with Crippen molar-refractivity contribution in [1.82, 2.24) is 10.2 Å². The summed E-state index contributed by atoms with van der Waals surface area (Å²) in [5.41, 5.74) is 4.12. The highest BCUT2D eigenvalue weighted by atomic mass is 35.5. The van der Waals surface area contributed by atoms with Gasteiger partial charge in [0.25, 0.3) is 0 Å². The number of halogens is 2. The van der Waals surface area contributed by atoms with Crippen molar-refractivity contribution in [3.63, 3.8) is 0 Å². The van der Waals surface area contributed by atoms with E-state index in [4.69, 9.17) is 23.2 Å². The fraction of sp³-hybridized carbons (Fsp3) is 0.333. The molecule has 3 aromatic carbocycles. The molecule has 3 aromatic rings. The van der Waals surface area contributed by atoms with E-state index in [1.807, 2.05) is 67.6 Å². The topological polar surface area (TPSA) is 49.4 Å². The van der Waals surface area contributed by atoms with E-state index in [-0.39, 0.29) is 17.6 Å². The number of nitrogens with zero attached hydrogens (tertiary/aromatic N) is 1. The second-order valence-corrected chi connectivity index (χ2v) is 11.4. The number of nitrogens with one attached hydrogen (secondary N) is 1. The number of hydrogen-bond acceptors (Lipinski definition) is 3. The lowest BCUT2D eigenvalue weighted by Crippen LogP contribution is -2.51. The summed E-state index contributed by atoms with van der Waals surface area (Å²) in [4.78, 5) is 28.9. The summed E-state index contributed by atoms with van der Waals surface area (Å²) >= 11 is 13.7. The average molecular weight is 558 g/mol. The Kier molecular flexibility index (Phi) is 11.4. The highest BCUT2D eigenvalue weighted by molar-refractivity contribution is 7.99. The summed E-state index contributed by atoms with van der Waals surface area (Å²) in [6.07, 6.45) is 0.444.